The van der Waals surface area contributed by atoms with Crippen molar-refractivity contribution < 1.29 is 8.42 Å². The average molecular weight is 299 g/mol. The molecule has 1 aromatic rings. The third-order valence-electron chi connectivity index (χ3n) is 4.19. The average Bonchev–Trinajstić information content (AvgIpc) is 3.18. The van der Waals surface area contributed by atoms with Crippen LogP contribution in [0, 0.1) is 5.92 Å². The minimum atomic E-state index is -3.39. The molecule has 0 spiro atoms. The lowest BCUT2D eigenvalue weighted by Gasteiger charge is -2.23. The van der Waals surface area contributed by atoms with Crippen molar-refractivity contribution in [3.05, 3.63) is 18.0 Å². The molecule has 1 aromatic heterocycles. The predicted molar refractivity (Wildman–Crippen MR) is 79.9 cm³/mol. The summed E-state index contributed by atoms with van der Waals surface area (Å²) in [5.41, 5.74) is 0.984. The van der Waals surface area contributed by atoms with Crippen LogP contribution in [0.4, 0.5) is 0 Å². The summed E-state index contributed by atoms with van der Waals surface area (Å²) in [6, 6.07) is 1.85. The van der Waals surface area contributed by atoms with E-state index in [1.807, 2.05) is 25.5 Å². The molecule has 20 heavy (non-hydrogen) atoms. The van der Waals surface area contributed by atoms with Gasteiger partial charge in [0.25, 0.3) is 0 Å². The van der Waals surface area contributed by atoms with Crippen LogP contribution in [0.15, 0.2) is 17.2 Å². The molecule has 114 valence electrons. The fourth-order valence-corrected chi connectivity index (χ4v) is 3.93. The first-order chi connectivity index (χ1) is 9.37. The monoisotopic (exact) mass is 299 g/mol. The molecule has 0 saturated heterocycles. The number of nitrogens with zero attached hydrogens (tertiary/aromatic N) is 2. The molecule has 0 bridgehead atoms. The minimum Gasteiger partial charge on any atom is -0.352 e. The second kappa shape index (κ2) is 5.87. The summed E-state index contributed by atoms with van der Waals surface area (Å²) in [6.45, 7) is 5.58. The van der Waals surface area contributed by atoms with Gasteiger partial charge in [-0.2, -0.15) is 4.31 Å². The molecule has 1 unspecified atom stereocenters. The highest BCUT2D eigenvalue weighted by Crippen LogP contribution is 2.36. The van der Waals surface area contributed by atoms with Crippen LogP contribution in [-0.4, -0.2) is 36.9 Å². The molecular weight excluding hydrogens is 274 g/mol. The molecule has 1 fully saturated rings. The molecule has 1 aliphatic carbocycles. The van der Waals surface area contributed by atoms with Gasteiger partial charge in [0, 0.05) is 38.6 Å². The first-order valence-corrected chi connectivity index (χ1v) is 8.66. The van der Waals surface area contributed by atoms with Crippen molar-refractivity contribution in [1.82, 2.24) is 14.2 Å². The van der Waals surface area contributed by atoms with Crippen molar-refractivity contribution in [2.45, 2.75) is 44.2 Å². The van der Waals surface area contributed by atoms with Gasteiger partial charge in [0.2, 0.25) is 10.0 Å². The van der Waals surface area contributed by atoms with Gasteiger partial charge in [0.1, 0.15) is 4.90 Å². The van der Waals surface area contributed by atoms with Crippen LogP contribution >= 0.6 is 0 Å². The van der Waals surface area contributed by atoms with E-state index in [-0.39, 0.29) is 6.04 Å². The largest absolute Gasteiger partial charge is 0.352 e. The number of aryl methyl sites for hydroxylation is 1. The van der Waals surface area contributed by atoms with Crippen LogP contribution in [0.25, 0.3) is 0 Å². The van der Waals surface area contributed by atoms with E-state index in [0.29, 0.717) is 17.4 Å². The van der Waals surface area contributed by atoms with Crippen LogP contribution in [0.3, 0.4) is 0 Å². The van der Waals surface area contributed by atoms with Gasteiger partial charge >= 0.3 is 0 Å². The Kier molecular flexibility index (Phi) is 4.56. The third-order valence-corrected chi connectivity index (χ3v) is 6.10. The second-order valence-electron chi connectivity index (χ2n) is 5.66. The molecular formula is C14H25N3O2S. The Bertz CT molecular complexity index is 561. The lowest BCUT2D eigenvalue weighted by Crippen LogP contribution is -2.36. The lowest BCUT2D eigenvalue weighted by atomic mass is 10.2. The Morgan fingerprint density at radius 3 is 2.70 bits per heavy atom. The summed E-state index contributed by atoms with van der Waals surface area (Å²) in [5.74, 6) is 0.528. The van der Waals surface area contributed by atoms with Gasteiger partial charge in [0.15, 0.2) is 0 Å². The van der Waals surface area contributed by atoms with Gasteiger partial charge in [0.05, 0.1) is 0 Å². The van der Waals surface area contributed by atoms with E-state index in [2.05, 4.69) is 5.32 Å². The fourth-order valence-electron chi connectivity index (χ4n) is 2.41. The van der Waals surface area contributed by atoms with E-state index < -0.39 is 10.0 Å². The maximum Gasteiger partial charge on any atom is 0.244 e. The highest BCUT2D eigenvalue weighted by atomic mass is 32.2. The van der Waals surface area contributed by atoms with Crippen molar-refractivity contribution in [2.24, 2.45) is 13.0 Å². The Morgan fingerprint density at radius 1 is 1.50 bits per heavy atom. The predicted octanol–water partition coefficient (Wildman–Crippen LogP) is 1.55. The number of nitrogens with one attached hydrogen (secondary N) is 1. The zero-order valence-corrected chi connectivity index (χ0v) is 13.6. The fraction of sp³-hybridized carbons (Fsp3) is 0.714. The number of sulfonamides is 1. The maximum absolute atomic E-state index is 12.6. The molecule has 2 rings (SSSR count). The molecule has 1 heterocycles. The molecule has 1 aliphatic rings. The summed E-state index contributed by atoms with van der Waals surface area (Å²) in [5, 5.41) is 3.22. The summed E-state index contributed by atoms with van der Waals surface area (Å²) in [4.78, 5) is 0.392. The van der Waals surface area contributed by atoms with Gasteiger partial charge in [-0.15, -0.1) is 0 Å². The van der Waals surface area contributed by atoms with Crippen molar-refractivity contribution in [2.75, 3.05) is 13.6 Å². The molecule has 0 aliphatic heterocycles. The summed E-state index contributed by atoms with van der Waals surface area (Å²) in [7, 11) is 0.189. The molecule has 0 radical (unpaired) electrons. The first kappa shape index (κ1) is 15.5. The van der Waals surface area contributed by atoms with Gasteiger partial charge in [-0.3, -0.25) is 0 Å². The maximum atomic E-state index is 12.6. The summed E-state index contributed by atoms with van der Waals surface area (Å²) >= 11 is 0. The molecule has 1 N–H and O–H groups in total. The van der Waals surface area contributed by atoms with Crippen LogP contribution in [-0.2, 0) is 23.6 Å². The Balaban J connectivity index is 2.20. The van der Waals surface area contributed by atoms with Gasteiger partial charge < -0.3 is 9.88 Å². The Morgan fingerprint density at radius 2 is 2.15 bits per heavy atom. The molecule has 0 amide bonds. The zero-order chi connectivity index (χ0) is 14.9. The summed E-state index contributed by atoms with van der Waals surface area (Å²) < 4.78 is 28.7. The molecule has 5 nitrogen and oxygen atoms in total. The topological polar surface area (TPSA) is 54.3 Å². The van der Waals surface area contributed by atoms with Crippen molar-refractivity contribution in [1.29, 1.82) is 0 Å². The van der Waals surface area contributed by atoms with Crippen LogP contribution in [0.1, 0.15) is 32.4 Å². The van der Waals surface area contributed by atoms with Crippen LogP contribution in [0.5, 0.6) is 0 Å². The van der Waals surface area contributed by atoms with Crippen molar-refractivity contribution in [3.63, 3.8) is 0 Å². The van der Waals surface area contributed by atoms with E-state index in [4.69, 9.17) is 0 Å². The first-order valence-electron chi connectivity index (χ1n) is 7.22. The standard InChI is InChI=1S/C14H25N3O2S/c1-5-15-9-13-8-14(10-16(13)3)20(18,19)17(4)11(2)12-6-7-12/h8,10-12,15H,5-7,9H2,1-4H3. The number of aromatic nitrogens is 1. The van der Waals surface area contributed by atoms with Gasteiger partial charge in [-0.05, 0) is 38.3 Å². The Labute approximate surface area is 122 Å². The normalized spacial score (nSPS) is 17.6. The van der Waals surface area contributed by atoms with Gasteiger partial charge in [-0.25, -0.2) is 8.42 Å². The summed E-state index contributed by atoms with van der Waals surface area (Å²) in [6.07, 6.45) is 3.99. The van der Waals surface area contributed by atoms with E-state index >= 15 is 0 Å². The second-order valence-corrected chi connectivity index (χ2v) is 7.66. The quantitative estimate of drug-likeness (QED) is 0.831. The van der Waals surface area contributed by atoms with Crippen LogP contribution < -0.4 is 5.32 Å². The number of hydrogen-bond acceptors (Lipinski definition) is 3. The molecule has 0 aromatic carbocycles. The molecule has 1 saturated carbocycles. The highest BCUT2D eigenvalue weighted by Gasteiger charge is 2.36. The molecule has 6 heteroatoms. The van der Waals surface area contributed by atoms with E-state index in [1.165, 1.54) is 4.31 Å². The van der Waals surface area contributed by atoms with E-state index in [1.54, 1.807) is 19.3 Å². The van der Waals surface area contributed by atoms with Crippen molar-refractivity contribution >= 4 is 10.0 Å². The number of rotatable bonds is 7. The van der Waals surface area contributed by atoms with Crippen LogP contribution in [0.2, 0.25) is 0 Å². The van der Waals surface area contributed by atoms with Gasteiger partial charge in [-0.1, -0.05) is 6.92 Å². The highest BCUT2D eigenvalue weighted by molar-refractivity contribution is 7.89. The Hall–Kier alpha value is -0.850. The third kappa shape index (κ3) is 3.07. The van der Waals surface area contributed by atoms with Crippen molar-refractivity contribution in [3.8, 4) is 0 Å². The minimum absolute atomic E-state index is 0.0809. The lowest BCUT2D eigenvalue weighted by molar-refractivity contribution is 0.357. The number of hydrogen-bond donors (Lipinski definition) is 1. The smallest absolute Gasteiger partial charge is 0.244 e. The molecule has 1 atom stereocenters. The van der Waals surface area contributed by atoms with E-state index in [9.17, 15) is 8.42 Å². The zero-order valence-electron chi connectivity index (χ0n) is 12.8. The van der Waals surface area contributed by atoms with E-state index in [0.717, 1.165) is 25.1 Å². The SMILES string of the molecule is CCNCc1cc(S(=O)(=O)N(C)C(C)C2CC2)cn1C.